The van der Waals surface area contributed by atoms with Crippen LogP contribution in [-0.2, 0) is 11.8 Å². The third kappa shape index (κ3) is 3.67. The van der Waals surface area contributed by atoms with Crippen molar-refractivity contribution in [3.63, 3.8) is 0 Å². The lowest BCUT2D eigenvalue weighted by atomic mass is 9.79. The number of aromatic nitrogens is 5. The highest BCUT2D eigenvalue weighted by atomic mass is 15.3. The van der Waals surface area contributed by atoms with Gasteiger partial charge < -0.3 is 9.88 Å². The lowest BCUT2D eigenvalue weighted by Crippen LogP contribution is -2.42. The maximum atomic E-state index is 4.78. The quantitative estimate of drug-likeness (QED) is 0.534. The van der Waals surface area contributed by atoms with E-state index in [1.165, 1.54) is 16.7 Å². The van der Waals surface area contributed by atoms with Gasteiger partial charge in [-0.2, -0.15) is 5.10 Å². The summed E-state index contributed by atoms with van der Waals surface area (Å²) in [7, 11) is 0. The minimum absolute atomic E-state index is 0.0147. The lowest BCUT2D eigenvalue weighted by Gasteiger charge is -2.39. The van der Waals surface area contributed by atoms with Crippen molar-refractivity contribution in [1.29, 1.82) is 0 Å². The van der Waals surface area contributed by atoms with E-state index in [0.717, 1.165) is 60.9 Å². The van der Waals surface area contributed by atoms with Gasteiger partial charge in [0.25, 0.3) is 0 Å². The molecule has 6 heteroatoms. The first-order valence-corrected chi connectivity index (χ1v) is 11.0. The summed E-state index contributed by atoms with van der Waals surface area (Å²) in [5.41, 5.74) is 6.62. The number of hydrogen-bond acceptors (Lipinski definition) is 5. The summed E-state index contributed by atoms with van der Waals surface area (Å²) in [6.07, 6.45) is 4.64. The van der Waals surface area contributed by atoms with Crippen molar-refractivity contribution in [1.82, 2.24) is 25.1 Å². The molecule has 4 aromatic rings. The van der Waals surface area contributed by atoms with Gasteiger partial charge in [-0.1, -0.05) is 37.3 Å². The number of fused-ring (bicyclic) bond motifs is 1. The molecule has 1 aliphatic rings. The lowest BCUT2D eigenvalue weighted by molar-refractivity contribution is 0.345. The van der Waals surface area contributed by atoms with Crippen molar-refractivity contribution < 1.29 is 0 Å². The molecule has 1 aliphatic heterocycles. The Morgan fingerprint density at radius 2 is 1.74 bits per heavy atom. The number of imidazole rings is 1. The maximum absolute atomic E-state index is 4.78. The number of hydrogen-bond donors (Lipinski definition) is 1. The normalized spacial score (nSPS) is 16.0. The van der Waals surface area contributed by atoms with E-state index in [2.05, 4.69) is 70.1 Å². The highest BCUT2D eigenvalue weighted by molar-refractivity contribution is 5.70. The summed E-state index contributed by atoms with van der Waals surface area (Å²) in [5.74, 6) is 2.06. The van der Waals surface area contributed by atoms with Gasteiger partial charge in [-0.25, -0.2) is 9.97 Å². The van der Waals surface area contributed by atoms with Crippen LogP contribution in [0.25, 0.3) is 11.2 Å². The third-order valence-corrected chi connectivity index (χ3v) is 6.81. The Hall–Kier alpha value is -3.28. The first kappa shape index (κ1) is 19.7. The molecule has 1 N–H and O–H groups in total. The number of nitrogens with zero attached hydrogens (tertiary/aromatic N) is 5. The number of pyridine rings is 1. The van der Waals surface area contributed by atoms with Gasteiger partial charge in [-0.3, -0.25) is 0 Å². The Balaban J connectivity index is 1.33. The minimum Gasteiger partial charge on any atom is -0.355 e. The Bertz CT molecular complexity index is 1170. The molecule has 5 rings (SSSR count). The molecule has 0 radical (unpaired) electrons. The van der Waals surface area contributed by atoms with Crippen LogP contribution in [-0.4, -0.2) is 38.2 Å². The van der Waals surface area contributed by atoms with Gasteiger partial charge in [-0.15, -0.1) is 5.10 Å². The molecule has 0 aliphatic carbocycles. The highest BCUT2D eigenvalue weighted by Crippen LogP contribution is 2.36. The van der Waals surface area contributed by atoms with Gasteiger partial charge in [-0.05, 0) is 55.5 Å². The number of piperidine rings is 1. The summed E-state index contributed by atoms with van der Waals surface area (Å²) in [4.78, 5) is 15.0. The predicted octanol–water partition coefficient (Wildman–Crippen LogP) is 4.51. The van der Waals surface area contributed by atoms with Crippen LogP contribution in [0.5, 0.6) is 0 Å². The number of H-pyrrole nitrogens is 1. The van der Waals surface area contributed by atoms with Gasteiger partial charge in [0, 0.05) is 31.1 Å². The SMILES string of the molecule is Cc1c(Cc2ccccc2)nnc(N2CCC(C)(c3nc4ncccc4[nH]3)CC2)c1C. The van der Waals surface area contributed by atoms with E-state index in [-0.39, 0.29) is 5.41 Å². The molecule has 1 fully saturated rings. The van der Waals surface area contributed by atoms with Crippen LogP contribution in [0.1, 0.15) is 48.0 Å². The second-order valence-corrected chi connectivity index (χ2v) is 8.89. The molecule has 31 heavy (non-hydrogen) atoms. The molecular weight excluding hydrogens is 384 g/mol. The summed E-state index contributed by atoms with van der Waals surface area (Å²) in [5, 5.41) is 9.27. The standard InChI is InChI=1S/C25H28N6/c1-17-18(2)23(30-29-21(17)16-19-8-5-4-6-9-19)31-14-11-25(3,12-15-31)24-27-20-10-7-13-26-22(20)28-24/h4-10,13H,11-12,14-16H2,1-3H3,(H,26,27,28). The number of aromatic amines is 1. The van der Waals surface area contributed by atoms with E-state index in [0.29, 0.717) is 0 Å². The monoisotopic (exact) mass is 412 g/mol. The first-order chi connectivity index (χ1) is 15.0. The van der Waals surface area contributed by atoms with Gasteiger partial charge >= 0.3 is 0 Å². The highest BCUT2D eigenvalue weighted by Gasteiger charge is 2.35. The van der Waals surface area contributed by atoms with E-state index < -0.39 is 0 Å². The molecule has 6 nitrogen and oxygen atoms in total. The average molecular weight is 413 g/mol. The fraction of sp³-hybridized carbons (Fsp3) is 0.360. The van der Waals surface area contributed by atoms with Gasteiger partial charge in [0.2, 0.25) is 0 Å². The van der Waals surface area contributed by atoms with Crippen LogP contribution in [0.3, 0.4) is 0 Å². The largest absolute Gasteiger partial charge is 0.355 e. The van der Waals surface area contributed by atoms with E-state index in [1.54, 1.807) is 6.20 Å². The first-order valence-electron chi connectivity index (χ1n) is 11.0. The van der Waals surface area contributed by atoms with Crippen molar-refractivity contribution in [2.45, 2.75) is 45.4 Å². The van der Waals surface area contributed by atoms with Crippen molar-refractivity contribution >= 4 is 17.0 Å². The molecule has 158 valence electrons. The van der Waals surface area contributed by atoms with Crippen LogP contribution < -0.4 is 4.90 Å². The average Bonchev–Trinajstić information content (AvgIpc) is 3.24. The van der Waals surface area contributed by atoms with Crippen molar-refractivity contribution in [2.75, 3.05) is 18.0 Å². The molecule has 1 saturated heterocycles. The Labute approximate surface area is 182 Å². The molecule has 0 atom stereocenters. The van der Waals surface area contributed by atoms with Crippen LogP contribution in [0.2, 0.25) is 0 Å². The second-order valence-electron chi connectivity index (χ2n) is 8.89. The maximum Gasteiger partial charge on any atom is 0.177 e. The summed E-state index contributed by atoms with van der Waals surface area (Å²) in [6.45, 7) is 8.52. The zero-order chi connectivity index (χ0) is 21.4. The van der Waals surface area contributed by atoms with E-state index in [9.17, 15) is 0 Å². The van der Waals surface area contributed by atoms with Crippen LogP contribution >= 0.6 is 0 Å². The number of nitrogens with one attached hydrogen (secondary N) is 1. The topological polar surface area (TPSA) is 70.6 Å². The smallest absolute Gasteiger partial charge is 0.177 e. The molecule has 0 amide bonds. The van der Waals surface area contributed by atoms with Crippen LogP contribution in [0.4, 0.5) is 5.82 Å². The Morgan fingerprint density at radius 3 is 2.48 bits per heavy atom. The number of benzene rings is 1. The molecule has 3 aromatic heterocycles. The van der Waals surface area contributed by atoms with E-state index in [1.807, 2.05) is 18.2 Å². The number of anilines is 1. The summed E-state index contributed by atoms with van der Waals surface area (Å²) in [6, 6.07) is 14.5. The molecule has 0 unspecified atom stereocenters. The zero-order valence-corrected chi connectivity index (χ0v) is 18.4. The van der Waals surface area contributed by atoms with Crippen molar-refractivity contribution in [3.8, 4) is 0 Å². The molecule has 1 aromatic carbocycles. The summed E-state index contributed by atoms with van der Waals surface area (Å²) >= 11 is 0. The molecule has 0 bridgehead atoms. The molecule has 0 spiro atoms. The minimum atomic E-state index is 0.0147. The van der Waals surface area contributed by atoms with Gasteiger partial charge in [0.05, 0.1) is 11.2 Å². The fourth-order valence-corrected chi connectivity index (χ4v) is 4.48. The van der Waals surface area contributed by atoms with Gasteiger partial charge in [0.15, 0.2) is 11.5 Å². The second kappa shape index (κ2) is 7.76. The predicted molar refractivity (Wildman–Crippen MR) is 123 cm³/mol. The van der Waals surface area contributed by atoms with E-state index >= 15 is 0 Å². The zero-order valence-electron chi connectivity index (χ0n) is 18.4. The molecule has 4 heterocycles. The van der Waals surface area contributed by atoms with Gasteiger partial charge in [0.1, 0.15) is 5.82 Å². The fourth-order valence-electron chi connectivity index (χ4n) is 4.48. The molecular formula is C25H28N6. The van der Waals surface area contributed by atoms with Crippen molar-refractivity contribution in [2.24, 2.45) is 0 Å². The Kier molecular flexibility index (Phi) is 4.93. The summed E-state index contributed by atoms with van der Waals surface area (Å²) < 4.78 is 0. The van der Waals surface area contributed by atoms with E-state index in [4.69, 9.17) is 4.98 Å². The molecule has 0 saturated carbocycles. The van der Waals surface area contributed by atoms with Crippen LogP contribution in [0.15, 0.2) is 48.7 Å². The van der Waals surface area contributed by atoms with Crippen molar-refractivity contribution in [3.05, 3.63) is 76.9 Å². The Morgan fingerprint density at radius 1 is 0.968 bits per heavy atom. The van der Waals surface area contributed by atoms with Crippen LogP contribution in [0, 0.1) is 13.8 Å². The third-order valence-electron chi connectivity index (χ3n) is 6.81. The number of rotatable bonds is 4.